The van der Waals surface area contributed by atoms with Crippen molar-refractivity contribution < 1.29 is 18.3 Å². The summed E-state index contributed by atoms with van der Waals surface area (Å²) >= 11 is 1.65. The average molecular weight is 303 g/mol. The Labute approximate surface area is 85.9 Å². The zero-order chi connectivity index (χ0) is 10.1. The van der Waals surface area contributed by atoms with Crippen LogP contribution in [-0.4, -0.2) is 10.1 Å². The summed E-state index contributed by atoms with van der Waals surface area (Å²) in [5, 5.41) is 8.69. The molecule has 0 atom stereocenters. The van der Waals surface area contributed by atoms with Crippen LogP contribution in [-0.2, 0) is 12.8 Å². The van der Waals surface area contributed by atoms with Gasteiger partial charge in [-0.1, -0.05) is 6.07 Å². The molecule has 0 aliphatic carbocycles. The number of aliphatic hydroxyl groups excluding tert-OH is 1. The molecular weight excluding hydrogens is 298 g/mol. The summed E-state index contributed by atoms with van der Waals surface area (Å²) in [5.74, 6) is 0. The average Bonchev–Trinajstić information content (AvgIpc) is 2.02. The van der Waals surface area contributed by atoms with Gasteiger partial charge in [0.25, 0.3) is 0 Å². The number of aromatic nitrogens is 1. The summed E-state index contributed by atoms with van der Waals surface area (Å²) in [6.07, 6.45) is -4.42. The second-order valence-electron chi connectivity index (χ2n) is 2.30. The molecule has 2 nitrogen and oxygen atoms in total. The maximum Gasteiger partial charge on any atom is 0.433 e. The molecule has 1 aromatic heterocycles. The summed E-state index contributed by atoms with van der Waals surface area (Å²) in [5.41, 5.74) is -0.539. The van der Waals surface area contributed by atoms with Gasteiger partial charge in [0, 0.05) is 5.56 Å². The Bertz CT molecular complexity index is 313. The van der Waals surface area contributed by atoms with Gasteiger partial charge in [0.15, 0.2) is 0 Å². The summed E-state index contributed by atoms with van der Waals surface area (Å²) in [4.78, 5) is 3.32. The summed E-state index contributed by atoms with van der Waals surface area (Å²) in [7, 11) is 0. The Morgan fingerprint density at radius 2 is 2.00 bits per heavy atom. The van der Waals surface area contributed by atoms with Gasteiger partial charge in [-0.3, -0.25) is 0 Å². The number of aliphatic hydroxyl groups is 1. The Kier molecular flexibility index (Phi) is 3.12. The topological polar surface area (TPSA) is 33.1 Å². The number of pyridine rings is 1. The molecule has 0 aliphatic heterocycles. The summed E-state index contributed by atoms with van der Waals surface area (Å²) < 4.78 is 36.4. The van der Waals surface area contributed by atoms with Gasteiger partial charge < -0.3 is 5.11 Å². The zero-order valence-electron chi connectivity index (χ0n) is 6.27. The van der Waals surface area contributed by atoms with Crippen LogP contribution in [0.15, 0.2) is 12.1 Å². The van der Waals surface area contributed by atoms with Crippen LogP contribution >= 0.6 is 22.6 Å². The number of halogens is 4. The number of hydrogen-bond donors (Lipinski definition) is 1. The molecule has 72 valence electrons. The third-order valence-electron chi connectivity index (χ3n) is 1.39. The number of rotatable bonds is 1. The molecule has 0 spiro atoms. The van der Waals surface area contributed by atoms with Gasteiger partial charge in [0.05, 0.1) is 6.61 Å². The standard InChI is InChI=1S/C7H5F3INO/c8-7(9,10)5-2-1-4(3-13)6(11)12-5/h1-2,13H,3H2. The first-order chi connectivity index (χ1) is 5.95. The third-order valence-corrected chi connectivity index (χ3v) is 2.32. The maximum atomic E-state index is 12.1. The maximum absolute atomic E-state index is 12.1. The molecule has 0 fully saturated rings. The fourth-order valence-electron chi connectivity index (χ4n) is 0.739. The molecule has 0 aliphatic rings. The van der Waals surface area contributed by atoms with Gasteiger partial charge in [-0.2, -0.15) is 13.2 Å². The lowest BCUT2D eigenvalue weighted by molar-refractivity contribution is -0.141. The van der Waals surface area contributed by atoms with E-state index < -0.39 is 11.9 Å². The fourth-order valence-corrected chi connectivity index (χ4v) is 1.35. The SMILES string of the molecule is OCc1ccc(C(F)(F)F)nc1I. The lowest BCUT2D eigenvalue weighted by atomic mass is 10.2. The van der Waals surface area contributed by atoms with Crippen LogP contribution in [0.4, 0.5) is 13.2 Å². The third kappa shape index (κ3) is 2.53. The fraction of sp³-hybridized carbons (Fsp3) is 0.286. The van der Waals surface area contributed by atoms with E-state index in [1.165, 1.54) is 6.07 Å². The van der Waals surface area contributed by atoms with Crippen LogP contribution in [0.2, 0.25) is 0 Å². The number of alkyl halides is 3. The predicted octanol–water partition coefficient (Wildman–Crippen LogP) is 2.20. The lowest BCUT2D eigenvalue weighted by Gasteiger charge is -2.07. The highest BCUT2D eigenvalue weighted by Crippen LogP contribution is 2.28. The van der Waals surface area contributed by atoms with Crippen LogP contribution in [0, 0.1) is 3.70 Å². The van der Waals surface area contributed by atoms with E-state index in [1.807, 2.05) is 0 Å². The van der Waals surface area contributed by atoms with Crippen molar-refractivity contribution in [3.63, 3.8) is 0 Å². The van der Waals surface area contributed by atoms with Crippen molar-refractivity contribution in [2.75, 3.05) is 0 Å². The molecule has 0 amide bonds. The quantitative estimate of drug-likeness (QED) is 0.637. The molecule has 1 rings (SSSR count). The van der Waals surface area contributed by atoms with Crippen LogP contribution in [0.3, 0.4) is 0 Å². The van der Waals surface area contributed by atoms with Crippen molar-refractivity contribution in [1.82, 2.24) is 4.98 Å². The minimum absolute atomic E-state index is 0.176. The predicted molar refractivity (Wildman–Crippen MR) is 47.9 cm³/mol. The van der Waals surface area contributed by atoms with Gasteiger partial charge in [0.1, 0.15) is 9.39 Å². The molecule has 13 heavy (non-hydrogen) atoms. The Balaban J connectivity index is 3.10. The monoisotopic (exact) mass is 303 g/mol. The zero-order valence-corrected chi connectivity index (χ0v) is 8.43. The van der Waals surface area contributed by atoms with Gasteiger partial charge in [-0.05, 0) is 28.7 Å². The minimum atomic E-state index is -4.42. The van der Waals surface area contributed by atoms with E-state index in [0.29, 0.717) is 5.56 Å². The molecule has 0 bridgehead atoms. The van der Waals surface area contributed by atoms with Gasteiger partial charge in [-0.25, -0.2) is 4.98 Å². The number of nitrogens with zero attached hydrogens (tertiary/aromatic N) is 1. The summed E-state index contributed by atoms with van der Waals surface area (Å²) in [6, 6.07) is 2.07. The first-order valence-corrected chi connectivity index (χ1v) is 4.36. The van der Waals surface area contributed by atoms with Crippen LogP contribution in [0.5, 0.6) is 0 Å². The lowest BCUT2D eigenvalue weighted by Crippen LogP contribution is -2.09. The van der Waals surface area contributed by atoms with Crippen molar-refractivity contribution in [3.05, 3.63) is 27.1 Å². The Hall–Kier alpha value is -0.370. The second-order valence-corrected chi connectivity index (χ2v) is 3.32. The molecule has 0 radical (unpaired) electrons. The van der Waals surface area contributed by atoms with E-state index in [2.05, 4.69) is 4.98 Å². The first kappa shape index (κ1) is 10.7. The van der Waals surface area contributed by atoms with Crippen LogP contribution < -0.4 is 0 Å². The Morgan fingerprint density at radius 3 is 2.38 bits per heavy atom. The van der Waals surface area contributed by atoms with Crippen molar-refractivity contribution >= 4 is 22.6 Å². The molecule has 1 N–H and O–H groups in total. The second kappa shape index (κ2) is 3.79. The van der Waals surface area contributed by atoms with Gasteiger partial charge in [-0.15, -0.1) is 0 Å². The van der Waals surface area contributed by atoms with Crippen molar-refractivity contribution in [1.29, 1.82) is 0 Å². The summed E-state index contributed by atoms with van der Waals surface area (Å²) in [6.45, 7) is -0.302. The molecule has 0 saturated carbocycles. The molecular formula is C7H5F3INO. The van der Waals surface area contributed by atoms with E-state index in [1.54, 1.807) is 22.6 Å². The van der Waals surface area contributed by atoms with Crippen molar-refractivity contribution in [2.45, 2.75) is 12.8 Å². The van der Waals surface area contributed by atoms with E-state index in [9.17, 15) is 13.2 Å². The molecule has 0 aromatic carbocycles. The van der Waals surface area contributed by atoms with Crippen LogP contribution in [0.1, 0.15) is 11.3 Å². The Morgan fingerprint density at radius 1 is 1.38 bits per heavy atom. The molecule has 6 heteroatoms. The number of hydrogen-bond acceptors (Lipinski definition) is 2. The first-order valence-electron chi connectivity index (χ1n) is 3.28. The van der Waals surface area contributed by atoms with E-state index in [4.69, 9.17) is 5.11 Å². The molecule has 0 unspecified atom stereocenters. The van der Waals surface area contributed by atoms with Crippen molar-refractivity contribution in [2.24, 2.45) is 0 Å². The molecule has 1 heterocycles. The molecule has 1 aromatic rings. The van der Waals surface area contributed by atoms with Crippen LogP contribution in [0.25, 0.3) is 0 Å². The highest BCUT2D eigenvalue weighted by molar-refractivity contribution is 14.1. The van der Waals surface area contributed by atoms with Gasteiger partial charge in [0.2, 0.25) is 0 Å². The molecule has 0 saturated heterocycles. The van der Waals surface area contributed by atoms with E-state index in [0.717, 1.165) is 6.07 Å². The highest BCUT2D eigenvalue weighted by atomic mass is 127. The van der Waals surface area contributed by atoms with E-state index >= 15 is 0 Å². The van der Waals surface area contributed by atoms with Crippen molar-refractivity contribution in [3.8, 4) is 0 Å². The highest BCUT2D eigenvalue weighted by Gasteiger charge is 2.32. The van der Waals surface area contributed by atoms with Gasteiger partial charge >= 0.3 is 6.18 Å². The van der Waals surface area contributed by atoms with E-state index in [-0.39, 0.29) is 10.3 Å². The largest absolute Gasteiger partial charge is 0.433 e. The minimum Gasteiger partial charge on any atom is -0.392 e. The smallest absolute Gasteiger partial charge is 0.392 e. The normalized spacial score (nSPS) is 11.8.